The molecule has 0 aromatic heterocycles. The van der Waals surface area contributed by atoms with Crippen LogP contribution in [0.4, 0.5) is 11.4 Å². The maximum atomic E-state index is 5.90. The summed E-state index contributed by atoms with van der Waals surface area (Å²) in [6, 6.07) is 14.4. The van der Waals surface area contributed by atoms with Crippen LogP contribution in [0.1, 0.15) is 17.5 Å². The van der Waals surface area contributed by atoms with Gasteiger partial charge in [-0.25, -0.2) is 0 Å². The lowest BCUT2D eigenvalue weighted by Gasteiger charge is -2.09. The second-order valence-electron chi connectivity index (χ2n) is 4.97. The third-order valence-corrected chi connectivity index (χ3v) is 3.32. The lowest BCUT2D eigenvalue weighted by Crippen LogP contribution is -2.03. The summed E-state index contributed by atoms with van der Waals surface area (Å²) in [7, 11) is 1.64. The number of hydrogen-bond acceptors (Lipinski definition) is 3. The van der Waals surface area contributed by atoms with E-state index in [9.17, 15) is 0 Å². The van der Waals surface area contributed by atoms with Crippen LogP contribution in [0, 0.1) is 6.92 Å². The fourth-order valence-electron chi connectivity index (χ4n) is 2.14. The molecule has 0 unspecified atom stereocenters. The molecule has 2 aromatic carbocycles. The number of nitrogens with two attached hydrogens (primary N) is 1. The van der Waals surface area contributed by atoms with Crippen LogP contribution < -0.4 is 15.8 Å². The zero-order chi connectivity index (χ0) is 14.4. The van der Waals surface area contributed by atoms with Gasteiger partial charge in [0.25, 0.3) is 0 Å². The van der Waals surface area contributed by atoms with Gasteiger partial charge in [0, 0.05) is 12.2 Å². The predicted octanol–water partition coefficient (Wildman–Crippen LogP) is 3.63. The van der Waals surface area contributed by atoms with Crippen molar-refractivity contribution < 1.29 is 4.74 Å². The fourth-order valence-corrected chi connectivity index (χ4v) is 2.14. The molecule has 0 aliphatic heterocycles. The number of hydrogen-bond donors (Lipinski definition) is 2. The van der Waals surface area contributed by atoms with Gasteiger partial charge < -0.3 is 15.8 Å². The molecule has 0 saturated carbocycles. The fraction of sp³-hybridized carbons (Fsp3) is 0.294. The summed E-state index contributed by atoms with van der Waals surface area (Å²) in [5.74, 6) is 0.742. The number of ether oxygens (including phenoxy) is 1. The third kappa shape index (κ3) is 3.92. The van der Waals surface area contributed by atoms with E-state index in [4.69, 9.17) is 10.5 Å². The quantitative estimate of drug-likeness (QED) is 0.622. The first kappa shape index (κ1) is 14.3. The van der Waals surface area contributed by atoms with Gasteiger partial charge >= 0.3 is 0 Å². The lowest BCUT2D eigenvalue weighted by molar-refractivity contribution is 0.417. The Balaban J connectivity index is 1.78. The summed E-state index contributed by atoms with van der Waals surface area (Å²) < 4.78 is 5.16. The first-order valence-corrected chi connectivity index (χ1v) is 6.92. The van der Waals surface area contributed by atoms with E-state index < -0.39 is 0 Å². The highest BCUT2D eigenvalue weighted by molar-refractivity contribution is 5.54. The molecular formula is C17H22N2O. The molecule has 3 heteroatoms. The normalized spacial score (nSPS) is 10.3. The Hall–Kier alpha value is -2.16. The largest absolute Gasteiger partial charge is 0.495 e. The molecule has 0 radical (unpaired) electrons. The van der Waals surface area contributed by atoms with E-state index >= 15 is 0 Å². The van der Waals surface area contributed by atoms with Crippen molar-refractivity contribution in [2.45, 2.75) is 19.8 Å². The van der Waals surface area contributed by atoms with Gasteiger partial charge in [0.2, 0.25) is 0 Å². The second-order valence-corrected chi connectivity index (χ2v) is 4.97. The standard InChI is InChI=1S/C17H22N2O/c1-13-5-8-15(9-6-13)19-11-3-4-14-7-10-17(20-2)16(18)12-14/h5-10,12,19H,3-4,11,18H2,1-2H3. The Morgan fingerprint density at radius 3 is 2.50 bits per heavy atom. The second kappa shape index (κ2) is 6.85. The molecule has 0 atom stereocenters. The van der Waals surface area contributed by atoms with Crippen LogP contribution in [-0.2, 0) is 6.42 Å². The molecule has 0 aliphatic rings. The zero-order valence-electron chi connectivity index (χ0n) is 12.1. The Bertz CT molecular complexity index is 549. The first-order valence-electron chi connectivity index (χ1n) is 6.92. The Morgan fingerprint density at radius 1 is 1.10 bits per heavy atom. The van der Waals surface area contributed by atoms with Gasteiger partial charge in [-0.15, -0.1) is 0 Å². The summed E-state index contributed by atoms with van der Waals surface area (Å²) in [6.45, 7) is 3.05. The number of anilines is 2. The molecule has 2 aromatic rings. The van der Waals surface area contributed by atoms with Crippen LogP contribution in [-0.4, -0.2) is 13.7 Å². The van der Waals surface area contributed by atoms with Crippen LogP contribution >= 0.6 is 0 Å². The van der Waals surface area contributed by atoms with E-state index in [1.807, 2.05) is 12.1 Å². The molecule has 0 bridgehead atoms. The molecule has 106 valence electrons. The van der Waals surface area contributed by atoms with Gasteiger partial charge in [0.15, 0.2) is 0 Å². The van der Waals surface area contributed by atoms with Crippen molar-refractivity contribution in [3.63, 3.8) is 0 Å². The molecule has 0 amide bonds. The van der Waals surface area contributed by atoms with Crippen LogP contribution in [0.2, 0.25) is 0 Å². The minimum atomic E-state index is 0.705. The summed E-state index contributed by atoms with van der Waals surface area (Å²) in [5.41, 5.74) is 10.3. The van der Waals surface area contributed by atoms with Crippen molar-refractivity contribution >= 4 is 11.4 Å². The topological polar surface area (TPSA) is 47.3 Å². The van der Waals surface area contributed by atoms with Gasteiger partial charge in [-0.3, -0.25) is 0 Å². The van der Waals surface area contributed by atoms with Crippen LogP contribution in [0.15, 0.2) is 42.5 Å². The van der Waals surface area contributed by atoms with E-state index in [-0.39, 0.29) is 0 Å². The minimum absolute atomic E-state index is 0.705. The molecule has 3 N–H and O–H groups in total. The SMILES string of the molecule is COc1ccc(CCCNc2ccc(C)cc2)cc1N. The van der Waals surface area contributed by atoms with E-state index in [0.29, 0.717) is 5.69 Å². The minimum Gasteiger partial charge on any atom is -0.495 e. The molecule has 0 spiro atoms. The summed E-state index contributed by atoms with van der Waals surface area (Å²) in [5, 5.41) is 3.42. The molecule has 3 nitrogen and oxygen atoms in total. The number of nitrogens with one attached hydrogen (secondary N) is 1. The Morgan fingerprint density at radius 2 is 1.85 bits per heavy atom. The molecular weight excluding hydrogens is 248 g/mol. The van der Waals surface area contributed by atoms with Crippen molar-refractivity contribution in [1.82, 2.24) is 0 Å². The summed E-state index contributed by atoms with van der Waals surface area (Å²) in [6.07, 6.45) is 2.08. The summed E-state index contributed by atoms with van der Waals surface area (Å²) >= 11 is 0. The van der Waals surface area contributed by atoms with Crippen LogP contribution in [0.25, 0.3) is 0 Å². The first-order chi connectivity index (χ1) is 9.69. The molecule has 0 heterocycles. The highest BCUT2D eigenvalue weighted by Gasteiger charge is 2.00. The number of rotatable bonds is 6. The summed E-state index contributed by atoms with van der Waals surface area (Å²) in [4.78, 5) is 0. The van der Waals surface area contributed by atoms with Crippen molar-refractivity contribution in [1.29, 1.82) is 0 Å². The molecule has 20 heavy (non-hydrogen) atoms. The smallest absolute Gasteiger partial charge is 0.141 e. The molecule has 2 rings (SSSR count). The molecule has 0 aliphatic carbocycles. The highest BCUT2D eigenvalue weighted by atomic mass is 16.5. The number of nitrogen functional groups attached to an aromatic ring is 1. The predicted molar refractivity (Wildman–Crippen MR) is 85.4 cm³/mol. The lowest BCUT2D eigenvalue weighted by atomic mass is 10.1. The van der Waals surface area contributed by atoms with Crippen molar-refractivity contribution in [2.24, 2.45) is 0 Å². The zero-order valence-corrected chi connectivity index (χ0v) is 12.1. The van der Waals surface area contributed by atoms with Crippen molar-refractivity contribution in [3.05, 3.63) is 53.6 Å². The molecule has 0 saturated heterocycles. The maximum Gasteiger partial charge on any atom is 0.141 e. The van der Waals surface area contributed by atoms with Gasteiger partial charge in [-0.2, -0.15) is 0 Å². The Kier molecular flexibility index (Phi) is 4.88. The van der Waals surface area contributed by atoms with Gasteiger partial charge in [-0.1, -0.05) is 23.8 Å². The monoisotopic (exact) mass is 270 g/mol. The van der Waals surface area contributed by atoms with Crippen molar-refractivity contribution in [3.8, 4) is 5.75 Å². The van der Waals surface area contributed by atoms with E-state index in [1.165, 1.54) is 16.8 Å². The van der Waals surface area contributed by atoms with Gasteiger partial charge in [0.1, 0.15) is 5.75 Å². The van der Waals surface area contributed by atoms with Crippen molar-refractivity contribution in [2.75, 3.05) is 24.7 Å². The average Bonchev–Trinajstić information content (AvgIpc) is 2.46. The number of aryl methyl sites for hydroxylation is 2. The van der Waals surface area contributed by atoms with Crippen LogP contribution in [0.5, 0.6) is 5.75 Å². The van der Waals surface area contributed by atoms with E-state index in [1.54, 1.807) is 7.11 Å². The third-order valence-electron chi connectivity index (χ3n) is 3.32. The van der Waals surface area contributed by atoms with Gasteiger partial charge in [-0.05, 0) is 49.6 Å². The highest BCUT2D eigenvalue weighted by Crippen LogP contribution is 2.22. The van der Waals surface area contributed by atoms with Gasteiger partial charge in [0.05, 0.1) is 12.8 Å². The number of benzene rings is 2. The Labute approximate surface area is 120 Å². The number of methoxy groups -OCH3 is 1. The maximum absolute atomic E-state index is 5.90. The molecule has 0 fully saturated rings. The van der Waals surface area contributed by atoms with Crippen LogP contribution in [0.3, 0.4) is 0 Å². The van der Waals surface area contributed by atoms with E-state index in [0.717, 1.165) is 25.1 Å². The average molecular weight is 270 g/mol. The van der Waals surface area contributed by atoms with E-state index in [2.05, 4.69) is 42.6 Å².